The molecule has 1 aliphatic heterocycles. The van der Waals surface area contributed by atoms with Crippen LogP contribution in [0.4, 0.5) is 0 Å². The number of rotatable bonds is 5. The molecule has 0 atom stereocenters. The van der Waals surface area contributed by atoms with Crippen molar-refractivity contribution in [2.24, 2.45) is 0 Å². The lowest BCUT2D eigenvalue weighted by Crippen LogP contribution is -2.27. The predicted molar refractivity (Wildman–Crippen MR) is 83.1 cm³/mol. The minimum absolute atomic E-state index is 0.723. The Morgan fingerprint density at radius 2 is 2.10 bits per heavy atom. The van der Waals surface area contributed by atoms with Gasteiger partial charge in [0.25, 0.3) is 0 Å². The van der Waals surface area contributed by atoms with Gasteiger partial charge in [0, 0.05) is 18.0 Å². The summed E-state index contributed by atoms with van der Waals surface area (Å²) in [7, 11) is 0. The van der Waals surface area contributed by atoms with E-state index >= 15 is 0 Å². The summed E-state index contributed by atoms with van der Waals surface area (Å²) in [5, 5.41) is 7.47. The average Bonchev–Trinajstić information content (AvgIpc) is 2.80. The van der Waals surface area contributed by atoms with Gasteiger partial charge in [-0.1, -0.05) is 23.4 Å². The molecule has 0 aliphatic carbocycles. The van der Waals surface area contributed by atoms with E-state index in [2.05, 4.69) is 32.5 Å². The van der Waals surface area contributed by atoms with Crippen LogP contribution in [0, 0.1) is 0 Å². The van der Waals surface area contributed by atoms with Gasteiger partial charge in [0.2, 0.25) is 5.89 Å². The number of hydrogen-bond donors (Lipinski definition) is 1. The maximum Gasteiger partial charge on any atom is 0.240 e. The molecule has 1 N–H and O–H groups in total. The summed E-state index contributed by atoms with van der Waals surface area (Å²) in [6, 6.07) is 10.3. The van der Waals surface area contributed by atoms with Crippen LogP contribution < -0.4 is 5.32 Å². The van der Waals surface area contributed by atoms with E-state index in [0.29, 0.717) is 0 Å². The van der Waals surface area contributed by atoms with Crippen molar-refractivity contribution in [1.82, 2.24) is 20.4 Å². The molecule has 1 saturated heterocycles. The summed E-state index contributed by atoms with van der Waals surface area (Å²) in [5.74, 6) is 2.24. The zero-order valence-corrected chi connectivity index (χ0v) is 12.8. The monoisotopic (exact) mass is 304 g/mol. The molecule has 1 aliphatic rings. The molecule has 0 amide bonds. The van der Waals surface area contributed by atoms with E-state index in [9.17, 15) is 0 Å². The lowest BCUT2D eigenvalue weighted by Gasteiger charge is -2.16. The largest absolute Gasteiger partial charge is 0.338 e. The highest BCUT2D eigenvalue weighted by Crippen LogP contribution is 2.20. The van der Waals surface area contributed by atoms with Crippen LogP contribution in [-0.4, -0.2) is 41.2 Å². The van der Waals surface area contributed by atoms with Crippen LogP contribution in [0.3, 0.4) is 0 Å². The molecule has 1 aromatic carbocycles. The van der Waals surface area contributed by atoms with E-state index < -0.39 is 0 Å². The Balaban J connectivity index is 1.51. The zero-order valence-electron chi connectivity index (χ0n) is 12.0. The Morgan fingerprint density at radius 3 is 3.00 bits per heavy atom. The van der Waals surface area contributed by atoms with E-state index in [1.54, 1.807) is 11.8 Å². The molecule has 3 rings (SSSR count). The van der Waals surface area contributed by atoms with Gasteiger partial charge in [0.1, 0.15) is 0 Å². The van der Waals surface area contributed by atoms with Crippen molar-refractivity contribution in [2.45, 2.75) is 23.6 Å². The first-order chi connectivity index (χ1) is 10.4. The maximum absolute atomic E-state index is 5.36. The lowest BCUT2D eigenvalue weighted by atomic mass is 10.4. The third kappa shape index (κ3) is 4.56. The van der Waals surface area contributed by atoms with Gasteiger partial charge in [0.15, 0.2) is 5.82 Å². The molecule has 0 spiro atoms. The quantitative estimate of drug-likeness (QED) is 0.854. The first-order valence-corrected chi connectivity index (χ1v) is 8.31. The highest BCUT2D eigenvalue weighted by Gasteiger charge is 2.13. The molecule has 5 nitrogen and oxygen atoms in total. The molecule has 0 unspecified atom stereocenters. The fourth-order valence-corrected chi connectivity index (χ4v) is 3.09. The van der Waals surface area contributed by atoms with Crippen molar-refractivity contribution in [2.75, 3.05) is 26.2 Å². The third-order valence-corrected chi connectivity index (χ3v) is 4.42. The van der Waals surface area contributed by atoms with Crippen molar-refractivity contribution >= 4 is 11.8 Å². The molecule has 0 radical (unpaired) electrons. The van der Waals surface area contributed by atoms with Gasteiger partial charge in [-0.15, -0.1) is 11.8 Å². The molecule has 112 valence electrons. The van der Waals surface area contributed by atoms with Crippen LogP contribution in [0.1, 0.15) is 18.1 Å². The molecule has 0 saturated carbocycles. The van der Waals surface area contributed by atoms with Gasteiger partial charge >= 0.3 is 0 Å². The van der Waals surface area contributed by atoms with Crippen molar-refractivity contribution in [3.05, 3.63) is 42.0 Å². The second-order valence-electron chi connectivity index (χ2n) is 5.09. The molecule has 21 heavy (non-hydrogen) atoms. The zero-order chi connectivity index (χ0) is 14.3. The number of aromatic nitrogens is 2. The van der Waals surface area contributed by atoms with Crippen LogP contribution >= 0.6 is 11.8 Å². The minimum Gasteiger partial charge on any atom is -0.338 e. The molecule has 0 bridgehead atoms. The molecule has 1 fully saturated rings. The van der Waals surface area contributed by atoms with Crippen molar-refractivity contribution in [3.8, 4) is 0 Å². The highest BCUT2D eigenvalue weighted by atomic mass is 32.2. The van der Waals surface area contributed by atoms with Crippen molar-refractivity contribution in [1.29, 1.82) is 0 Å². The van der Waals surface area contributed by atoms with Crippen LogP contribution in [0.15, 0.2) is 39.8 Å². The fourth-order valence-electron chi connectivity index (χ4n) is 2.33. The van der Waals surface area contributed by atoms with Gasteiger partial charge in [-0.25, -0.2) is 0 Å². The molecular formula is C15H20N4OS. The number of nitrogens with zero attached hydrogens (tertiary/aromatic N) is 3. The molecule has 6 heteroatoms. The normalized spacial score (nSPS) is 16.8. The number of benzene rings is 1. The highest BCUT2D eigenvalue weighted by molar-refractivity contribution is 7.98. The van der Waals surface area contributed by atoms with Gasteiger partial charge in [-0.2, -0.15) is 4.98 Å². The molecule has 2 aromatic rings. The SMILES string of the molecule is c1ccc(SCc2noc(CN3CCCNCC3)n2)cc1. The van der Waals surface area contributed by atoms with Crippen LogP contribution in [0.2, 0.25) is 0 Å². The summed E-state index contributed by atoms with van der Waals surface area (Å²) < 4.78 is 5.36. The van der Waals surface area contributed by atoms with Crippen LogP contribution in [0.5, 0.6) is 0 Å². The second kappa shape index (κ2) is 7.59. The van der Waals surface area contributed by atoms with Crippen molar-refractivity contribution in [3.63, 3.8) is 0 Å². The fraction of sp³-hybridized carbons (Fsp3) is 0.467. The van der Waals surface area contributed by atoms with Gasteiger partial charge in [0.05, 0.1) is 12.3 Å². The summed E-state index contributed by atoms with van der Waals surface area (Å²) in [6.07, 6.45) is 1.17. The van der Waals surface area contributed by atoms with Gasteiger partial charge in [-0.3, -0.25) is 4.90 Å². The topological polar surface area (TPSA) is 54.2 Å². The Bertz CT molecular complexity index is 538. The first kappa shape index (κ1) is 14.6. The molecular weight excluding hydrogens is 284 g/mol. The van der Waals surface area contributed by atoms with E-state index in [4.69, 9.17) is 4.52 Å². The summed E-state index contributed by atoms with van der Waals surface area (Å²) in [5.41, 5.74) is 0. The Hall–Kier alpha value is -1.37. The van der Waals surface area contributed by atoms with E-state index in [1.807, 2.05) is 18.2 Å². The standard InChI is InChI=1S/C15H20N4OS/c1-2-5-13(6-3-1)21-12-14-17-15(20-18-14)11-19-9-4-7-16-8-10-19/h1-3,5-6,16H,4,7-12H2. The lowest BCUT2D eigenvalue weighted by molar-refractivity contribution is 0.238. The molecule has 2 heterocycles. The van der Waals surface area contributed by atoms with E-state index in [-0.39, 0.29) is 0 Å². The van der Waals surface area contributed by atoms with Crippen molar-refractivity contribution < 1.29 is 4.52 Å². The first-order valence-electron chi connectivity index (χ1n) is 7.32. The maximum atomic E-state index is 5.36. The van der Waals surface area contributed by atoms with Crippen LogP contribution in [-0.2, 0) is 12.3 Å². The smallest absolute Gasteiger partial charge is 0.240 e. The third-order valence-electron chi connectivity index (χ3n) is 3.41. The minimum atomic E-state index is 0.723. The Kier molecular flexibility index (Phi) is 5.26. The van der Waals surface area contributed by atoms with Gasteiger partial charge < -0.3 is 9.84 Å². The summed E-state index contributed by atoms with van der Waals surface area (Å²) in [6.45, 7) is 5.01. The van der Waals surface area contributed by atoms with Crippen LogP contribution in [0.25, 0.3) is 0 Å². The van der Waals surface area contributed by atoms with E-state index in [1.165, 1.54) is 11.3 Å². The molecule has 1 aromatic heterocycles. The summed E-state index contributed by atoms with van der Waals surface area (Å²) >= 11 is 1.73. The summed E-state index contributed by atoms with van der Waals surface area (Å²) in [4.78, 5) is 8.08. The number of nitrogens with one attached hydrogen (secondary N) is 1. The number of thioether (sulfide) groups is 1. The number of hydrogen-bond acceptors (Lipinski definition) is 6. The average molecular weight is 304 g/mol. The predicted octanol–water partition coefficient (Wildman–Crippen LogP) is 2.16. The van der Waals surface area contributed by atoms with Gasteiger partial charge in [-0.05, 0) is 31.6 Å². The Morgan fingerprint density at radius 1 is 1.19 bits per heavy atom. The van der Waals surface area contributed by atoms with E-state index in [0.717, 1.165) is 50.2 Å². The second-order valence-corrected chi connectivity index (χ2v) is 6.13. The Labute approximate surface area is 129 Å².